The molecule has 0 radical (unpaired) electrons. The maximum atomic E-state index is 11.8. The number of carbonyl (C=O) groups is 1. The molecule has 1 amide bonds. The second kappa shape index (κ2) is 6.62. The van der Waals surface area contributed by atoms with E-state index in [-0.39, 0.29) is 11.4 Å². The Kier molecular flexibility index (Phi) is 6.25. The van der Waals surface area contributed by atoms with Gasteiger partial charge in [0.2, 0.25) is 5.91 Å². The Morgan fingerprint density at radius 3 is 2.47 bits per heavy atom. The fourth-order valence-corrected chi connectivity index (χ4v) is 1.20. The quantitative estimate of drug-likeness (QED) is 0.681. The summed E-state index contributed by atoms with van der Waals surface area (Å²) in [7, 11) is 0. The summed E-state index contributed by atoms with van der Waals surface area (Å²) in [6, 6.07) is 0. The Hall–Kier alpha value is -0.830. The third-order valence-corrected chi connectivity index (χ3v) is 1.97. The normalized spacial score (nSPS) is 11.2. The number of rotatable bonds is 6. The Bertz CT molecular complexity index is 206. The molecule has 0 saturated carbocycles. The van der Waals surface area contributed by atoms with E-state index in [1.807, 2.05) is 4.90 Å². The monoisotopic (exact) mass is 212 g/mol. The van der Waals surface area contributed by atoms with Crippen molar-refractivity contribution in [2.45, 2.75) is 39.7 Å². The van der Waals surface area contributed by atoms with Crippen LogP contribution in [0.3, 0.4) is 0 Å². The van der Waals surface area contributed by atoms with Crippen LogP contribution in [0.1, 0.15) is 34.1 Å². The molecule has 0 heterocycles. The van der Waals surface area contributed by atoms with Gasteiger partial charge in [-0.1, -0.05) is 13.0 Å². The second-order valence-corrected chi connectivity index (χ2v) is 4.73. The summed E-state index contributed by atoms with van der Waals surface area (Å²) in [6.07, 6.45) is 2.75. The lowest BCUT2D eigenvalue weighted by atomic mass is 10.1. The van der Waals surface area contributed by atoms with E-state index in [4.69, 9.17) is 0 Å². The van der Waals surface area contributed by atoms with Crippen molar-refractivity contribution in [2.75, 3.05) is 19.6 Å². The Morgan fingerprint density at radius 1 is 1.47 bits per heavy atom. The first-order chi connectivity index (χ1) is 6.90. The van der Waals surface area contributed by atoms with E-state index in [1.165, 1.54) is 0 Å². The molecule has 0 bridgehead atoms. The molecule has 0 fully saturated rings. The molecule has 0 atom stereocenters. The first kappa shape index (κ1) is 14.2. The van der Waals surface area contributed by atoms with Crippen LogP contribution in [-0.2, 0) is 4.79 Å². The van der Waals surface area contributed by atoms with Gasteiger partial charge in [0.1, 0.15) is 0 Å². The van der Waals surface area contributed by atoms with E-state index in [0.717, 1.165) is 13.0 Å². The molecular weight excluding hydrogens is 188 g/mol. The van der Waals surface area contributed by atoms with Crippen molar-refractivity contribution in [3.63, 3.8) is 0 Å². The van der Waals surface area contributed by atoms with E-state index in [9.17, 15) is 4.79 Å². The molecule has 88 valence electrons. The van der Waals surface area contributed by atoms with Crippen LogP contribution in [0.2, 0.25) is 0 Å². The molecule has 1 N–H and O–H groups in total. The molecule has 0 aromatic rings. The van der Waals surface area contributed by atoms with Crippen LogP contribution in [-0.4, -0.2) is 36.0 Å². The number of nitrogens with one attached hydrogen (secondary N) is 1. The topological polar surface area (TPSA) is 32.3 Å². The van der Waals surface area contributed by atoms with Crippen molar-refractivity contribution >= 4 is 5.91 Å². The second-order valence-electron chi connectivity index (χ2n) is 4.73. The lowest BCUT2D eigenvalue weighted by molar-refractivity contribution is -0.130. The van der Waals surface area contributed by atoms with Gasteiger partial charge in [0.05, 0.1) is 6.54 Å². The third kappa shape index (κ3) is 7.14. The van der Waals surface area contributed by atoms with Crippen molar-refractivity contribution in [1.29, 1.82) is 0 Å². The molecule has 3 nitrogen and oxygen atoms in total. The Morgan fingerprint density at radius 2 is 2.07 bits per heavy atom. The van der Waals surface area contributed by atoms with Gasteiger partial charge in [0.25, 0.3) is 0 Å². The molecule has 0 aromatic heterocycles. The molecule has 0 aliphatic carbocycles. The zero-order chi connectivity index (χ0) is 11.9. The zero-order valence-corrected chi connectivity index (χ0v) is 10.5. The van der Waals surface area contributed by atoms with Gasteiger partial charge in [-0.25, -0.2) is 0 Å². The highest BCUT2D eigenvalue weighted by Crippen LogP contribution is 1.99. The summed E-state index contributed by atoms with van der Waals surface area (Å²) in [5, 5.41) is 3.19. The summed E-state index contributed by atoms with van der Waals surface area (Å²) in [5.41, 5.74) is -0.0122. The van der Waals surface area contributed by atoms with Crippen LogP contribution >= 0.6 is 0 Å². The Balaban J connectivity index is 4.07. The van der Waals surface area contributed by atoms with Gasteiger partial charge in [-0.2, -0.15) is 0 Å². The van der Waals surface area contributed by atoms with E-state index in [0.29, 0.717) is 13.1 Å². The van der Waals surface area contributed by atoms with Crippen molar-refractivity contribution < 1.29 is 4.79 Å². The van der Waals surface area contributed by atoms with Crippen molar-refractivity contribution in [3.8, 4) is 0 Å². The molecule has 0 unspecified atom stereocenters. The molecule has 0 rings (SSSR count). The molecule has 0 spiro atoms. The van der Waals surface area contributed by atoms with Gasteiger partial charge < -0.3 is 10.2 Å². The van der Waals surface area contributed by atoms with Crippen LogP contribution < -0.4 is 5.32 Å². The highest BCUT2D eigenvalue weighted by molar-refractivity contribution is 5.78. The third-order valence-electron chi connectivity index (χ3n) is 1.97. The molecule has 0 aliphatic rings. The molecular formula is C12H24N2O. The highest BCUT2D eigenvalue weighted by Gasteiger charge is 2.15. The first-order valence-corrected chi connectivity index (χ1v) is 5.54. The summed E-state index contributed by atoms with van der Waals surface area (Å²) >= 11 is 0. The molecule has 3 heteroatoms. The minimum absolute atomic E-state index is 0.0122. The van der Waals surface area contributed by atoms with E-state index < -0.39 is 0 Å². The predicted octanol–water partition coefficient (Wildman–Crippen LogP) is 1.80. The SMILES string of the molecule is C=CCN(CCC)C(=O)CNC(C)(C)C. The lowest BCUT2D eigenvalue weighted by Gasteiger charge is -2.25. The van der Waals surface area contributed by atoms with Gasteiger partial charge in [-0.05, 0) is 27.2 Å². The average Bonchev–Trinajstić information content (AvgIpc) is 2.13. The fourth-order valence-electron chi connectivity index (χ4n) is 1.20. The van der Waals surface area contributed by atoms with Gasteiger partial charge in [0.15, 0.2) is 0 Å². The van der Waals surface area contributed by atoms with Crippen LogP contribution in [0.15, 0.2) is 12.7 Å². The van der Waals surface area contributed by atoms with Gasteiger partial charge in [-0.15, -0.1) is 6.58 Å². The molecule has 0 aliphatic heterocycles. The summed E-state index contributed by atoms with van der Waals surface area (Å²) in [5.74, 6) is 0.145. The zero-order valence-electron chi connectivity index (χ0n) is 10.5. The summed E-state index contributed by atoms with van der Waals surface area (Å²) in [4.78, 5) is 13.6. The number of hydrogen-bond acceptors (Lipinski definition) is 2. The number of hydrogen-bond donors (Lipinski definition) is 1. The summed E-state index contributed by atoms with van der Waals surface area (Å²) in [6.45, 7) is 13.7. The van der Waals surface area contributed by atoms with Crippen LogP contribution in [0.25, 0.3) is 0 Å². The van der Waals surface area contributed by atoms with Gasteiger partial charge >= 0.3 is 0 Å². The van der Waals surface area contributed by atoms with Gasteiger partial charge in [-0.3, -0.25) is 4.79 Å². The minimum atomic E-state index is -0.0122. The van der Waals surface area contributed by atoms with Crippen molar-refractivity contribution in [3.05, 3.63) is 12.7 Å². The standard InChI is InChI=1S/C12H24N2O/c1-6-8-14(9-7-2)11(15)10-13-12(3,4)5/h6,13H,1,7-10H2,2-5H3. The Labute approximate surface area is 93.5 Å². The van der Waals surface area contributed by atoms with E-state index >= 15 is 0 Å². The smallest absolute Gasteiger partial charge is 0.236 e. The summed E-state index contributed by atoms with van der Waals surface area (Å²) < 4.78 is 0. The average molecular weight is 212 g/mol. The molecule has 15 heavy (non-hydrogen) atoms. The van der Waals surface area contributed by atoms with Crippen LogP contribution in [0.4, 0.5) is 0 Å². The highest BCUT2D eigenvalue weighted by atomic mass is 16.2. The number of nitrogens with zero attached hydrogens (tertiary/aromatic N) is 1. The maximum absolute atomic E-state index is 11.8. The first-order valence-electron chi connectivity index (χ1n) is 5.54. The van der Waals surface area contributed by atoms with Crippen LogP contribution in [0.5, 0.6) is 0 Å². The predicted molar refractivity (Wildman–Crippen MR) is 64.8 cm³/mol. The van der Waals surface area contributed by atoms with Crippen molar-refractivity contribution in [1.82, 2.24) is 10.2 Å². The number of amides is 1. The van der Waals surface area contributed by atoms with Crippen molar-refractivity contribution in [2.24, 2.45) is 0 Å². The van der Waals surface area contributed by atoms with Gasteiger partial charge in [0, 0.05) is 18.6 Å². The molecule has 0 saturated heterocycles. The van der Waals surface area contributed by atoms with Crippen LogP contribution in [0, 0.1) is 0 Å². The fraction of sp³-hybridized carbons (Fsp3) is 0.750. The largest absolute Gasteiger partial charge is 0.338 e. The molecule has 0 aromatic carbocycles. The number of carbonyl (C=O) groups excluding carboxylic acids is 1. The van der Waals surface area contributed by atoms with E-state index in [2.05, 4.69) is 39.6 Å². The minimum Gasteiger partial charge on any atom is -0.338 e. The van der Waals surface area contributed by atoms with E-state index in [1.54, 1.807) is 6.08 Å². The lowest BCUT2D eigenvalue weighted by Crippen LogP contribution is -2.45. The maximum Gasteiger partial charge on any atom is 0.236 e.